The Kier molecular flexibility index (Phi) is 13.0. The molecule has 1 N–H and O–H groups in total. The van der Waals surface area contributed by atoms with Gasteiger partial charge in [0.25, 0.3) is 10.1 Å². The average molecular weight is 481 g/mol. The van der Waals surface area contributed by atoms with Crippen molar-refractivity contribution in [1.82, 2.24) is 0 Å². The fourth-order valence-corrected chi connectivity index (χ4v) is 5.25. The average Bonchev–Trinajstić information content (AvgIpc) is 3.27. The highest BCUT2D eigenvalue weighted by atomic mass is 32.2. The van der Waals surface area contributed by atoms with Crippen molar-refractivity contribution in [2.24, 2.45) is 0 Å². The summed E-state index contributed by atoms with van der Waals surface area (Å²) in [5.41, 5.74) is 0.826. The zero-order chi connectivity index (χ0) is 23.1. The number of benzene rings is 1. The Morgan fingerprint density at radius 1 is 0.781 bits per heavy atom. The van der Waals surface area contributed by atoms with E-state index in [1.165, 1.54) is 94.5 Å². The third kappa shape index (κ3) is 10.5. The summed E-state index contributed by atoms with van der Waals surface area (Å²) >= 11 is 1.40. The van der Waals surface area contributed by atoms with E-state index < -0.39 is 10.1 Å². The maximum atomic E-state index is 11.8. The number of aryl methyl sites for hydroxylation is 1. The molecule has 1 aromatic heterocycles. The third-order valence-electron chi connectivity index (χ3n) is 5.84. The quantitative estimate of drug-likeness (QED) is 0.171. The van der Waals surface area contributed by atoms with E-state index in [-0.39, 0.29) is 10.6 Å². The lowest BCUT2D eigenvalue weighted by molar-refractivity contribution is 0.451. The van der Waals surface area contributed by atoms with Crippen molar-refractivity contribution in [1.29, 1.82) is 0 Å². The molecule has 32 heavy (non-hydrogen) atoms. The van der Waals surface area contributed by atoms with Crippen LogP contribution in [0.4, 0.5) is 0 Å². The van der Waals surface area contributed by atoms with Gasteiger partial charge < -0.3 is 4.74 Å². The van der Waals surface area contributed by atoms with Gasteiger partial charge in [-0.2, -0.15) is 8.42 Å². The van der Waals surface area contributed by atoms with Gasteiger partial charge in [0.2, 0.25) is 0 Å². The molecule has 1 heterocycles. The van der Waals surface area contributed by atoms with Crippen LogP contribution in [0, 0.1) is 0 Å². The number of rotatable bonds is 18. The van der Waals surface area contributed by atoms with Crippen molar-refractivity contribution in [2.45, 2.75) is 108 Å². The molecule has 4 nitrogen and oxygen atoms in total. The van der Waals surface area contributed by atoms with E-state index in [9.17, 15) is 13.0 Å². The fraction of sp³-hybridized carbons (Fsp3) is 0.615. The zero-order valence-corrected chi connectivity index (χ0v) is 21.2. The molecule has 0 bridgehead atoms. The predicted octanol–water partition coefficient (Wildman–Crippen LogP) is 8.81. The molecular formula is C26H40O4S2. The largest absolute Gasteiger partial charge is 0.445 e. The van der Waals surface area contributed by atoms with Crippen LogP contribution < -0.4 is 4.74 Å². The molecule has 0 amide bonds. The van der Waals surface area contributed by atoms with Crippen LogP contribution in [0.25, 0.3) is 0 Å². The van der Waals surface area contributed by atoms with Crippen molar-refractivity contribution in [3.05, 3.63) is 41.3 Å². The van der Waals surface area contributed by atoms with Crippen LogP contribution >= 0.6 is 11.3 Å². The van der Waals surface area contributed by atoms with Gasteiger partial charge in [-0.05, 0) is 42.0 Å². The van der Waals surface area contributed by atoms with Crippen molar-refractivity contribution >= 4 is 21.5 Å². The first kappa shape index (κ1) is 26.9. The van der Waals surface area contributed by atoms with Gasteiger partial charge in [-0.3, -0.25) is 4.55 Å². The van der Waals surface area contributed by atoms with Crippen molar-refractivity contribution < 1.29 is 17.7 Å². The molecule has 0 aliphatic heterocycles. The van der Waals surface area contributed by atoms with Crippen LogP contribution in [0.5, 0.6) is 10.8 Å². The first-order valence-electron chi connectivity index (χ1n) is 12.3. The van der Waals surface area contributed by atoms with Crippen molar-refractivity contribution in [3.8, 4) is 10.8 Å². The van der Waals surface area contributed by atoms with Crippen LogP contribution in [0.1, 0.15) is 102 Å². The molecule has 0 aliphatic carbocycles. The van der Waals surface area contributed by atoms with Crippen LogP contribution in [0.15, 0.2) is 40.6 Å². The fourth-order valence-electron chi connectivity index (χ4n) is 4.01. The van der Waals surface area contributed by atoms with E-state index in [1.54, 1.807) is 12.1 Å². The minimum Gasteiger partial charge on any atom is -0.445 e. The van der Waals surface area contributed by atoms with Crippen LogP contribution in [0.3, 0.4) is 0 Å². The third-order valence-corrected chi connectivity index (χ3v) is 7.46. The molecule has 0 unspecified atom stereocenters. The summed E-state index contributed by atoms with van der Waals surface area (Å²) in [5, 5.41) is 2.49. The number of thiophene rings is 1. The van der Waals surface area contributed by atoms with Gasteiger partial charge in [-0.15, -0.1) is 11.3 Å². The van der Waals surface area contributed by atoms with E-state index in [4.69, 9.17) is 4.74 Å². The van der Waals surface area contributed by atoms with Gasteiger partial charge in [0.1, 0.15) is 4.90 Å². The summed E-state index contributed by atoms with van der Waals surface area (Å²) < 4.78 is 39.1. The molecule has 0 spiro atoms. The molecular weight excluding hydrogens is 440 g/mol. The summed E-state index contributed by atoms with van der Waals surface area (Å²) in [4.78, 5) is -0.159. The molecule has 0 aliphatic rings. The second kappa shape index (κ2) is 15.5. The Balaban J connectivity index is 1.66. The number of hydrogen-bond donors (Lipinski definition) is 1. The van der Waals surface area contributed by atoms with Crippen molar-refractivity contribution in [3.63, 3.8) is 0 Å². The molecule has 0 fully saturated rings. The van der Waals surface area contributed by atoms with Gasteiger partial charge >= 0.3 is 0 Å². The van der Waals surface area contributed by atoms with E-state index in [0.717, 1.165) is 24.8 Å². The maximum Gasteiger partial charge on any atom is 0.298 e. The lowest BCUT2D eigenvalue weighted by atomic mass is 10.0. The highest BCUT2D eigenvalue weighted by Crippen LogP contribution is 2.35. The lowest BCUT2D eigenvalue weighted by Gasteiger charge is -2.13. The smallest absolute Gasteiger partial charge is 0.298 e. The van der Waals surface area contributed by atoms with Gasteiger partial charge in [-0.1, -0.05) is 103 Å². The molecule has 0 radical (unpaired) electrons. The maximum absolute atomic E-state index is 11.8. The summed E-state index contributed by atoms with van der Waals surface area (Å²) in [7, 11) is -4.34. The van der Waals surface area contributed by atoms with Crippen LogP contribution in [-0.2, 0) is 16.5 Å². The molecule has 2 rings (SSSR count). The molecule has 0 atom stereocenters. The minimum atomic E-state index is -4.34. The van der Waals surface area contributed by atoms with Gasteiger partial charge in [0.15, 0.2) is 10.8 Å². The minimum absolute atomic E-state index is 0.159. The second-order valence-electron chi connectivity index (χ2n) is 8.60. The molecule has 0 saturated heterocycles. The molecule has 180 valence electrons. The Morgan fingerprint density at radius 3 is 1.84 bits per heavy atom. The molecule has 1 aromatic carbocycles. The van der Waals surface area contributed by atoms with Crippen LogP contribution in [0.2, 0.25) is 0 Å². The van der Waals surface area contributed by atoms with Crippen LogP contribution in [-0.4, -0.2) is 13.0 Å². The molecule has 0 saturated carbocycles. The normalized spacial score (nSPS) is 11.7. The Labute approximate surface area is 199 Å². The Hall–Kier alpha value is -1.37. The van der Waals surface area contributed by atoms with E-state index in [2.05, 4.69) is 6.92 Å². The summed E-state index contributed by atoms with van der Waals surface area (Å²) in [5.74, 6) is 0.257. The van der Waals surface area contributed by atoms with Gasteiger partial charge in [0, 0.05) is 0 Å². The van der Waals surface area contributed by atoms with Gasteiger partial charge in [-0.25, -0.2) is 0 Å². The predicted molar refractivity (Wildman–Crippen MR) is 135 cm³/mol. The van der Waals surface area contributed by atoms with Gasteiger partial charge in [0.05, 0.1) is 0 Å². The standard InChI is InChI=1S/C26H40O4S2/c1-2-3-4-5-6-7-8-9-10-11-12-13-14-15-18-23-19-16-20-24(32(27,28)29)26(23)30-25-21-17-22-31-25/h16-17,19-22H,2-15,18H2,1H3,(H,27,28,29). The number of para-hydroxylation sites is 1. The molecule has 2 aromatic rings. The number of ether oxygens (including phenoxy) is 1. The second-order valence-corrected chi connectivity index (χ2v) is 10.9. The van der Waals surface area contributed by atoms with E-state index in [0.29, 0.717) is 5.06 Å². The molecule has 6 heteroatoms. The highest BCUT2D eigenvalue weighted by Gasteiger charge is 2.20. The first-order chi connectivity index (χ1) is 15.5. The Morgan fingerprint density at radius 2 is 1.34 bits per heavy atom. The summed E-state index contributed by atoms with van der Waals surface area (Å²) in [6.45, 7) is 2.26. The summed E-state index contributed by atoms with van der Waals surface area (Å²) in [6, 6.07) is 8.60. The topological polar surface area (TPSA) is 63.6 Å². The zero-order valence-electron chi connectivity index (χ0n) is 19.6. The number of hydrogen-bond acceptors (Lipinski definition) is 4. The van der Waals surface area contributed by atoms with E-state index >= 15 is 0 Å². The number of unbranched alkanes of at least 4 members (excludes halogenated alkanes) is 13. The van der Waals surface area contributed by atoms with Crippen molar-refractivity contribution in [2.75, 3.05) is 0 Å². The van der Waals surface area contributed by atoms with E-state index in [1.807, 2.05) is 17.5 Å². The Bertz CT molecular complexity index is 845. The first-order valence-corrected chi connectivity index (χ1v) is 14.6. The lowest BCUT2D eigenvalue weighted by Crippen LogP contribution is -2.03. The monoisotopic (exact) mass is 480 g/mol. The SMILES string of the molecule is CCCCCCCCCCCCCCCCc1cccc(S(=O)(=O)O)c1Oc1cccs1. The summed E-state index contributed by atoms with van der Waals surface area (Å²) in [6.07, 6.45) is 19.0. The highest BCUT2D eigenvalue weighted by molar-refractivity contribution is 7.86.